The molecule has 240 valence electrons. The summed E-state index contributed by atoms with van der Waals surface area (Å²) in [6.45, 7) is 22.0. The average Bonchev–Trinajstić information content (AvgIpc) is 3.39. The van der Waals surface area contributed by atoms with Gasteiger partial charge < -0.3 is 5.11 Å². The molecule has 6 aromatic rings. The second-order valence-electron chi connectivity index (χ2n) is 15.9. The quantitative estimate of drug-likeness (QED) is 0.213. The predicted octanol–water partition coefficient (Wildman–Crippen LogP) is 11.3. The van der Waals surface area contributed by atoms with Crippen molar-refractivity contribution in [2.24, 2.45) is 0 Å². The van der Waals surface area contributed by atoms with Crippen molar-refractivity contribution in [1.82, 2.24) is 14.5 Å². The molecule has 0 aliphatic rings. The molecule has 0 unspecified atom stereocenters. The van der Waals surface area contributed by atoms with Gasteiger partial charge in [-0.1, -0.05) is 111 Å². The van der Waals surface area contributed by atoms with Gasteiger partial charge in [0, 0.05) is 22.9 Å². The van der Waals surface area contributed by atoms with Crippen LogP contribution >= 0.6 is 0 Å². The number of imidazole rings is 1. The summed E-state index contributed by atoms with van der Waals surface area (Å²) in [7, 11) is 0. The van der Waals surface area contributed by atoms with Crippen molar-refractivity contribution in [1.29, 1.82) is 0 Å². The molecule has 4 aromatic carbocycles. The Morgan fingerprint density at radius 3 is 1.91 bits per heavy atom. The third kappa shape index (κ3) is 6.10. The highest BCUT2D eigenvalue weighted by molar-refractivity contribution is 5.97. The summed E-state index contributed by atoms with van der Waals surface area (Å²) in [5, 5.41) is 12.0. The van der Waals surface area contributed by atoms with Gasteiger partial charge in [0.2, 0.25) is 0 Å². The van der Waals surface area contributed by atoms with Crippen molar-refractivity contribution >= 4 is 11.0 Å². The van der Waals surface area contributed by atoms with Crippen LogP contribution in [0.25, 0.3) is 50.5 Å². The van der Waals surface area contributed by atoms with Crippen LogP contribution < -0.4 is 0 Å². The molecule has 4 heteroatoms. The van der Waals surface area contributed by atoms with E-state index in [9.17, 15) is 5.11 Å². The molecule has 0 atom stereocenters. The van der Waals surface area contributed by atoms with Crippen LogP contribution in [0.5, 0.6) is 5.75 Å². The number of aromatic hydroxyl groups is 1. The number of fused-ring (bicyclic) bond motifs is 1. The SMILES string of the molecule is Cc1ccccc1-n1c(-c2cc(C(C)(C)C)cc(C(C)(C)C)c2O)nc2c(-c3cc(-c4ccccn4)cc(C(C)(C)C)c3)cccc21. The zero-order chi connectivity index (χ0) is 33.9. The number of nitrogens with zero attached hydrogens (tertiary/aromatic N) is 3. The first-order valence-corrected chi connectivity index (χ1v) is 16.6. The van der Waals surface area contributed by atoms with E-state index in [1.165, 1.54) is 5.56 Å². The largest absolute Gasteiger partial charge is 0.507 e. The van der Waals surface area contributed by atoms with Crippen LogP contribution in [-0.4, -0.2) is 19.6 Å². The van der Waals surface area contributed by atoms with Gasteiger partial charge >= 0.3 is 0 Å². The van der Waals surface area contributed by atoms with E-state index in [2.05, 4.69) is 153 Å². The van der Waals surface area contributed by atoms with E-state index in [4.69, 9.17) is 9.97 Å². The van der Waals surface area contributed by atoms with E-state index in [1.54, 1.807) is 0 Å². The highest BCUT2D eigenvalue weighted by Crippen LogP contribution is 2.45. The Morgan fingerprint density at radius 2 is 1.28 bits per heavy atom. The molecule has 0 bridgehead atoms. The minimum Gasteiger partial charge on any atom is -0.507 e. The summed E-state index contributed by atoms with van der Waals surface area (Å²) in [6, 6.07) is 32.0. The van der Waals surface area contributed by atoms with E-state index < -0.39 is 0 Å². The maximum atomic E-state index is 12.0. The average molecular weight is 622 g/mol. The first kappa shape index (κ1) is 32.2. The van der Waals surface area contributed by atoms with Gasteiger partial charge in [-0.05, 0) is 87.9 Å². The smallest absolute Gasteiger partial charge is 0.149 e. The van der Waals surface area contributed by atoms with Crippen molar-refractivity contribution in [3.05, 3.63) is 119 Å². The number of aryl methyl sites for hydroxylation is 1. The van der Waals surface area contributed by atoms with Crippen LogP contribution in [0, 0.1) is 6.92 Å². The van der Waals surface area contributed by atoms with Gasteiger partial charge in [-0.2, -0.15) is 0 Å². The number of phenolic OH excluding ortho intramolecular Hbond substituents is 1. The molecular weight excluding hydrogens is 574 g/mol. The highest BCUT2D eigenvalue weighted by Gasteiger charge is 2.29. The minimum absolute atomic E-state index is 0.0678. The van der Waals surface area contributed by atoms with Gasteiger partial charge in [0.25, 0.3) is 0 Å². The van der Waals surface area contributed by atoms with Gasteiger partial charge in [0.05, 0.1) is 28.0 Å². The molecule has 6 rings (SSSR count). The van der Waals surface area contributed by atoms with E-state index in [0.29, 0.717) is 0 Å². The number of phenols is 1. The first-order chi connectivity index (χ1) is 22.0. The summed E-state index contributed by atoms with van der Waals surface area (Å²) in [6.07, 6.45) is 1.85. The molecule has 4 nitrogen and oxygen atoms in total. The Hall–Kier alpha value is -4.70. The molecule has 0 spiro atoms. The van der Waals surface area contributed by atoms with Crippen LogP contribution in [0.15, 0.2) is 97.2 Å². The number of benzene rings is 4. The number of aromatic nitrogens is 3. The third-order valence-corrected chi connectivity index (χ3v) is 9.14. The second kappa shape index (κ2) is 11.5. The fourth-order valence-electron chi connectivity index (χ4n) is 6.28. The molecule has 0 saturated heterocycles. The minimum atomic E-state index is -0.264. The number of hydrogen-bond acceptors (Lipinski definition) is 3. The highest BCUT2D eigenvalue weighted by atomic mass is 16.3. The normalized spacial score (nSPS) is 12.6. The Labute approximate surface area is 280 Å². The second-order valence-corrected chi connectivity index (χ2v) is 15.9. The lowest BCUT2D eigenvalue weighted by atomic mass is 9.79. The standard InChI is InChI=1S/C43H47N3O/c1-27-16-11-12-19-36(27)46-37-20-15-17-32(28-22-29(35-18-13-14-21-44-35)24-30(23-28)41(2,3)4)38(37)45-40(46)33-25-31(42(5,6)7)26-34(39(33)47)43(8,9)10/h11-26,47H,1-10H3. The molecule has 0 saturated carbocycles. The van der Waals surface area contributed by atoms with E-state index >= 15 is 0 Å². The summed E-state index contributed by atoms with van der Waals surface area (Å²) in [5.41, 5.74) is 11.8. The molecule has 2 aromatic heterocycles. The molecule has 0 amide bonds. The van der Waals surface area contributed by atoms with Crippen molar-refractivity contribution in [3.8, 4) is 45.2 Å². The maximum Gasteiger partial charge on any atom is 0.149 e. The molecule has 0 aliphatic carbocycles. The van der Waals surface area contributed by atoms with Gasteiger partial charge in [-0.3, -0.25) is 9.55 Å². The summed E-state index contributed by atoms with van der Waals surface area (Å²) in [4.78, 5) is 10.2. The molecule has 0 radical (unpaired) electrons. The Kier molecular flexibility index (Phi) is 7.91. The number of rotatable bonds is 4. The lowest BCUT2D eigenvalue weighted by Gasteiger charge is -2.27. The first-order valence-electron chi connectivity index (χ1n) is 16.6. The van der Waals surface area contributed by atoms with Crippen LogP contribution in [0.1, 0.15) is 84.6 Å². The lowest BCUT2D eigenvalue weighted by molar-refractivity contribution is 0.446. The van der Waals surface area contributed by atoms with Gasteiger partial charge in [-0.25, -0.2) is 4.98 Å². The van der Waals surface area contributed by atoms with Crippen molar-refractivity contribution in [2.45, 2.75) is 85.5 Å². The fraction of sp³-hybridized carbons (Fsp3) is 0.302. The fourth-order valence-corrected chi connectivity index (χ4v) is 6.28. The molecule has 0 aliphatic heterocycles. The Morgan fingerprint density at radius 1 is 0.617 bits per heavy atom. The predicted molar refractivity (Wildman–Crippen MR) is 198 cm³/mol. The summed E-state index contributed by atoms with van der Waals surface area (Å²) >= 11 is 0. The van der Waals surface area contributed by atoms with Crippen molar-refractivity contribution < 1.29 is 5.11 Å². The monoisotopic (exact) mass is 621 g/mol. The van der Waals surface area contributed by atoms with Crippen molar-refractivity contribution in [2.75, 3.05) is 0 Å². The molecule has 0 fully saturated rings. The Bertz CT molecular complexity index is 2100. The van der Waals surface area contributed by atoms with Crippen LogP contribution in [-0.2, 0) is 16.2 Å². The topological polar surface area (TPSA) is 50.9 Å². The van der Waals surface area contributed by atoms with E-state index in [1.807, 2.05) is 18.3 Å². The number of pyridine rings is 1. The zero-order valence-corrected chi connectivity index (χ0v) is 29.5. The lowest BCUT2D eigenvalue weighted by Crippen LogP contribution is -2.17. The van der Waals surface area contributed by atoms with E-state index in [0.717, 1.165) is 67.2 Å². The van der Waals surface area contributed by atoms with E-state index in [-0.39, 0.29) is 22.0 Å². The maximum absolute atomic E-state index is 12.0. The molecule has 1 N–H and O–H groups in total. The van der Waals surface area contributed by atoms with Gasteiger partial charge in [-0.15, -0.1) is 0 Å². The molecule has 47 heavy (non-hydrogen) atoms. The molecule has 2 heterocycles. The Balaban J connectivity index is 1.72. The third-order valence-electron chi connectivity index (χ3n) is 9.14. The van der Waals surface area contributed by atoms with Crippen molar-refractivity contribution in [3.63, 3.8) is 0 Å². The molecular formula is C43H47N3O. The number of hydrogen-bond donors (Lipinski definition) is 1. The van der Waals surface area contributed by atoms with Crippen LogP contribution in [0.2, 0.25) is 0 Å². The number of para-hydroxylation sites is 2. The summed E-state index contributed by atoms with van der Waals surface area (Å²) in [5.74, 6) is 1.01. The van der Waals surface area contributed by atoms with Gasteiger partial charge in [0.15, 0.2) is 0 Å². The van der Waals surface area contributed by atoms with Gasteiger partial charge in [0.1, 0.15) is 11.6 Å². The van der Waals surface area contributed by atoms with Crippen LogP contribution in [0.3, 0.4) is 0 Å². The summed E-state index contributed by atoms with van der Waals surface area (Å²) < 4.78 is 2.23. The van der Waals surface area contributed by atoms with Crippen LogP contribution in [0.4, 0.5) is 0 Å². The zero-order valence-electron chi connectivity index (χ0n) is 29.5.